The molecule has 0 rings (SSSR count). The van der Waals surface area contributed by atoms with Gasteiger partial charge in [0.05, 0.1) is 0 Å². The van der Waals surface area contributed by atoms with Gasteiger partial charge in [0.25, 0.3) is 0 Å². The van der Waals surface area contributed by atoms with E-state index < -0.39 is 19.8 Å². The van der Waals surface area contributed by atoms with Crippen LogP contribution >= 0.6 is 0 Å². The maximum absolute atomic E-state index is 6.08. The van der Waals surface area contributed by atoms with E-state index in [2.05, 4.69) is 27.7 Å². The van der Waals surface area contributed by atoms with Crippen LogP contribution in [0.1, 0.15) is 143 Å². The molecule has 0 aliphatic heterocycles. The van der Waals surface area contributed by atoms with Gasteiger partial charge in [-0.2, -0.15) is 0 Å². The van der Waals surface area contributed by atoms with Gasteiger partial charge in [-0.1, -0.05) is 0 Å². The van der Waals surface area contributed by atoms with Crippen molar-refractivity contribution in [3.63, 3.8) is 0 Å². The van der Waals surface area contributed by atoms with Crippen LogP contribution in [-0.4, -0.2) is 39.3 Å². The van der Waals surface area contributed by atoms with Crippen molar-refractivity contribution in [3.8, 4) is 0 Å². The van der Waals surface area contributed by atoms with Crippen molar-refractivity contribution in [1.29, 1.82) is 0 Å². The molecule has 0 unspecified atom stereocenters. The average Bonchev–Trinajstić information content (AvgIpc) is 2.77. The Morgan fingerprint density at radius 3 is 1.29 bits per heavy atom. The second-order valence-electron chi connectivity index (χ2n) is 9.79. The van der Waals surface area contributed by atoms with Gasteiger partial charge < -0.3 is 0 Å². The molecule has 0 radical (unpaired) electrons. The van der Waals surface area contributed by atoms with E-state index in [0.29, 0.717) is 0 Å². The molecule has 0 bridgehead atoms. The van der Waals surface area contributed by atoms with Crippen LogP contribution in [-0.2, 0) is 9.47 Å². The van der Waals surface area contributed by atoms with Gasteiger partial charge in [-0.3, -0.25) is 0 Å². The van der Waals surface area contributed by atoms with Gasteiger partial charge in [-0.15, -0.1) is 0 Å². The second kappa shape index (κ2) is 27.0. The van der Waals surface area contributed by atoms with Crippen LogP contribution in [0.25, 0.3) is 0 Å². The first kappa shape index (κ1) is 31.7. The molecule has 188 valence electrons. The normalized spacial score (nSPS) is 11.8. The van der Waals surface area contributed by atoms with E-state index in [0.717, 1.165) is 32.5 Å². The summed E-state index contributed by atoms with van der Waals surface area (Å²) >= 11 is -1.36. The van der Waals surface area contributed by atoms with E-state index in [4.69, 9.17) is 9.47 Å². The monoisotopic (exact) mass is 548 g/mol. The Kier molecular flexibility index (Phi) is 27.6. The maximum atomic E-state index is 6.08. The van der Waals surface area contributed by atoms with E-state index in [1.54, 1.807) is 13.3 Å². The van der Waals surface area contributed by atoms with Crippen LogP contribution in [0.4, 0.5) is 0 Å². The molecule has 31 heavy (non-hydrogen) atoms. The molecule has 0 aromatic rings. The third kappa shape index (κ3) is 23.7. The van der Waals surface area contributed by atoms with Crippen molar-refractivity contribution >= 4 is 19.8 Å². The van der Waals surface area contributed by atoms with Gasteiger partial charge in [0.1, 0.15) is 0 Å². The third-order valence-corrected chi connectivity index (χ3v) is 17.1. The van der Waals surface area contributed by atoms with Crippen LogP contribution in [0.5, 0.6) is 0 Å². The molecule has 0 spiro atoms. The van der Waals surface area contributed by atoms with Crippen molar-refractivity contribution in [2.24, 2.45) is 0 Å². The van der Waals surface area contributed by atoms with Gasteiger partial charge >= 0.3 is 205 Å². The molecule has 2 nitrogen and oxygen atoms in total. The number of hydrogen-bond donors (Lipinski definition) is 0. The Labute approximate surface area is 204 Å². The summed E-state index contributed by atoms with van der Waals surface area (Å²) in [7, 11) is 0. The van der Waals surface area contributed by atoms with E-state index in [9.17, 15) is 0 Å². The minimum atomic E-state index is -1.36. The molecular formula is C28H60O2Sn. The summed E-state index contributed by atoms with van der Waals surface area (Å²) in [6, 6.07) is 0. The van der Waals surface area contributed by atoms with Crippen molar-refractivity contribution in [2.45, 2.75) is 163 Å². The molecule has 0 N–H and O–H groups in total. The van der Waals surface area contributed by atoms with E-state index in [-0.39, 0.29) is 6.29 Å². The average molecular weight is 547 g/mol. The van der Waals surface area contributed by atoms with Crippen molar-refractivity contribution in [3.05, 3.63) is 0 Å². The fourth-order valence-electron chi connectivity index (χ4n) is 4.37. The molecule has 0 heterocycles. The molecule has 3 heteroatoms. The van der Waals surface area contributed by atoms with Crippen molar-refractivity contribution in [2.75, 3.05) is 13.2 Å². The fourth-order valence-corrected chi connectivity index (χ4v) is 14.1. The van der Waals surface area contributed by atoms with Crippen LogP contribution in [0, 0.1) is 0 Å². The summed E-state index contributed by atoms with van der Waals surface area (Å²) < 4.78 is 17.1. The van der Waals surface area contributed by atoms with Gasteiger partial charge in [0, 0.05) is 0 Å². The topological polar surface area (TPSA) is 18.5 Å². The third-order valence-electron chi connectivity index (χ3n) is 6.59. The summed E-state index contributed by atoms with van der Waals surface area (Å²) in [5.41, 5.74) is 0. The van der Waals surface area contributed by atoms with Gasteiger partial charge in [-0.05, 0) is 0 Å². The Morgan fingerprint density at radius 2 is 0.839 bits per heavy atom. The summed E-state index contributed by atoms with van der Waals surface area (Å²) in [6.45, 7) is 10.8. The summed E-state index contributed by atoms with van der Waals surface area (Å²) in [5.74, 6) is 0. The number of rotatable bonds is 26. The van der Waals surface area contributed by atoms with Crippen molar-refractivity contribution < 1.29 is 9.47 Å². The Hall–Kier alpha value is 0.719. The molecule has 0 atom stereocenters. The van der Waals surface area contributed by atoms with Crippen LogP contribution in [0.2, 0.25) is 13.3 Å². The number of unbranched alkanes of at least 4 members (excludes halogenated alkanes) is 12. The summed E-state index contributed by atoms with van der Waals surface area (Å²) in [6.07, 6.45) is 24.8. The summed E-state index contributed by atoms with van der Waals surface area (Å²) in [5, 5.41) is 0. The number of ether oxygens (including phenoxy) is 2. The molecule has 0 aliphatic rings. The molecule has 0 aliphatic carbocycles. The Morgan fingerprint density at radius 1 is 0.452 bits per heavy atom. The van der Waals surface area contributed by atoms with Crippen LogP contribution in [0.15, 0.2) is 0 Å². The van der Waals surface area contributed by atoms with Crippen LogP contribution < -0.4 is 0 Å². The molecular weight excluding hydrogens is 487 g/mol. The summed E-state index contributed by atoms with van der Waals surface area (Å²) in [4.78, 5) is 0. The SMILES string of the molecule is CCCCCCC[CH2][SnH]([CH2]CCCCCCC)[CH2]CCC(OCCCC)OCCCC. The molecule has 0 amide bonds. The molecule has 0 fully saturated rings. The molecule has 0 aromatic carbocycles. The van der Waals surface area contributed by atoms with E-state index in [1.165, 1.54) is 96.3 Å². The fraction of sp³-hybridized carbons (Fsp3) is 1.00. The Balaban J connectivity index is 4.25. The van der Waals surface area contributed by atoms with Gasteiger partial charge in [0.15, 0.2) is 0 Å². The number of hydrogen-bond acceptors (Lipinski definition) is 2. The zero-order chi connectivity index (χ0) is 22.8. The standard InChI is InChI=1S/C12H25O2.2C8H17.Sn.H/c1-4-7-10-13-12(9-6-3)14-11-8-5-2;2*1-3-5-7-8-6-4-2;;/h12H,3-11H2,1-2H3;2*1,3-8H2,2H3;;. The molecule has 0 saturated heterocycles. The zero-order valence-corrected chi connectivity index (χ0v) is 25.5. The Bertz CT molecular complexity index is 298. The quantitative estimate of drug-likeness (QED) is 0.0610. The first-order chi connectivity index (χ1) is 15.3. The van der Waals surface area contributed by atoms with E-state index >= 15 is 0 Å². The predicted octanol–water partition coefficient (Wildman–Crippen LogP) is 9.67. The molecule has 0 aromatic heterocycles. The van der Waals surface area contributed by atoms with E-state index in [1.807, 2.05) is 0 Å². The van der Waals surface area contributed by atoms with Crippen LogP contribution in [0.3, 0.4) is 0 Å². The van der Waals surface area contributed by atoms with Gasteiger partial charge in [-0.25, -0.2) is 0 Å². The second-order valence-corrected chi connectivity index (χ2v) is 19.7. The first-order valence-corrected chi connectivity index (χ1v) is 21.5. The minimum absolute atomic E-state index is 0.0631. The zero-order valence-electron chi connectivity index (χ0n) is 22.2. The van der Waals surface area contributed by atoms with Gasteiger partial charge in [0.2, 0.25) is 0 Å². The van der Waals surface area contributed by atoms with Crippen molar-refractivity contribution in [1.82, 2.24) is 0 Å². The predicted molar refractivity (Wildman–Crippen MR) is 143 cm³/mol. The first-order valence-electron chi connectivity index (χ1n) is 14.5. The molecule has 0 saturated carbocycles.